The van der Waals surface area contributed by atoms with Gasteiger partial charge in [-0.3, -0.25) is 0 Å². The number of hydrogen-bond acceptors (Lipinski definition) is 3. The normalized spacial score (nSPS) is 17.7. The Labute approximate surface area is 145 Å². The Balaban J connectivity index is 2.12. The van der Waals surface area contributed by atoms with Crippen molar-refractivity contribution in [1.82, 2.24) is 9.62 Å². The maximum Gasteiger partial charge on any atom is 0.243 e. The lowest BCUT2D eigenvalue weighted by Crippen LogP contribution is -2.44. The van der Waals surface area contributed by atoms with Gasteiger partial charge in [-0.05, 0) is 51.3 Å². The molecule has 1 aromatic rings. The van der Waals surface area contributed by atoms with Gasteiger partial charge in [-0.25, -0.2) is 13.4 Å². The van der Waals surface area contributed by atoms with E-state index in [1.807, 2.05) is 26.8 Å². The molecule has 6 nitrogen and oxygen atoms in total. The number of nitrogens with two attached hydrogens (primary N) is 1. The first kappa shape index (κ1) is 18.7. The molecule has 1 aliphatic rings. The summed E-state index contributed by atoms with van der Waals surface area (Å²) < 4.78 is 27.0. The molecule has 1 heterocycles. The van der Waals surface area contributed by atoms with E-state index in [2.05, 4.69) is 10.3 Å². The molecule has 134 valence electrons. The van der Waals surface area contributed by atoms with E-state index in [1.165, 1.54) is 0 Å². The van der Waals surface area contributed by atoms with Gasteiger partial charge in [0.2, 0.25) is 10.0 Å². The number of piperidine rings is 1. The lowest BCUT2D eigenvalue weighted by Gasteiger charge is -2.26. The first-order valence-electron chi connectivity index (χ1n) is 8.36. The summed E-state index contributed by atoms with van der Waals surface area (Å²) in [5.41, 5.74) is 6.53. The van der Waals surface area contributed by atoms with Crippen molar-refractivity contribution >= 4 is 16.0 Å². The van der Waals surface area contributed by atoms with Crippen LogP contribution in [0.2, 0.25) is 0 Å². The van der Waals surface area contributed by atoms with E-state index in [0.29, 0.717) is 30.5 Å². The number of hydrogen-bond donors (Lipinski definition) is 2. The monoisotopic (exact) mass is 352 g/mol. The zero-order chi connectivity index (χ0) is 17.8. The maximum atomic E-state index is 12.7. The van der Waals surface area contributed by atoms with E-state index < -0.39 is 10.0 Å². The minimum atomic E-state index is -3.41. The van der Waals surface area contributed by atoms with Crippen LogP contribution >= 0.6 is 0 Å². The molecule has 2 rings (SSSR count). The van der Waals surface area contributed by atoms with E-state index in [4.69, 9.17) is 5.73 Å². The smallest absolute Gasteiger partial charge is 0.243 e. The highest BCUT2D eigenvalue weighted by molar-refractivity contribution is 7.89. The third kappa shape index (κ3) is 5.21. The van der Waals surface area contributed by atoms with E-state index in [9.17, 15) is 8.42 Å². The molecule has 7 heteroatoms. The lowest BCUT2D eigenvalue weighted by atomic mass is 10.1. The van der Waals surface area contributed by atoms with Crippen LogP contribution in [0.25, 0.3) is 0 Å². The molecule has 0 bridgehead atoms. The summed E-state index contributed by atoms with van der Waals surface area (Å²) >= 11 is 0. The molecule has 3 N–H and O–H groups in total. The van der Waals surface area contributed by atoms with Gasteiger partial charge >= 0.3 is 0 Å². The molecule has 0 amide bonds. The van der Waals surface area contributed by atoms with Crippen molar-refractivity contribution in [3.8, 4) is 0 Å². The Hall–Kier alpha value is -1.60. The minimum absolute atomic E-state index is 0.160. The molecule has 0 saturated carbocycles. The Bertz CT molecular complexity index is 687. The molecule has 1 aliphatic heterocycles. The predicted octanol–water partition coefficient (Wildman–Crippen LogP) is 2.06. The van der Waals surface area contributed by atoms with Crippen LogP contribution in [0.3, 0.4) is 0 Å². The number of nitrogens with zero attached hydrogens (tertiary/aromatic N) is 2. The second-order valence-electron chi connectivity index (χ2n) is 7.19. The third-order valence-corrected chi connectivity index (χ3v) is 5.68. The zero-order valence-electron chi connectivity index (χ0n) is 14.7. The quantitative estimate of drug-likeness (QED) is 0.641. The molecule has 0 spiro atoms. The molecule has 0 radical (unpaired) electrons. The molecule has 24 heavy (non-hydrogen) atoms. The minimum Gasteiger partial charge on any atom is -0.370 e. The van der Waals surface area contributed by atoms with Crippen LogP contribution in [0.1, 0.15) is 45.6 Å². The van der Waals surface area contributed by atoms with Gasteiger partial charge in [0.15, 0.2) is 5.96 Å². The van der Waals surface area contributed by atoms with Crippen LogP contribution in [0.5, 0.6) is 0 Å². The lowest BCUT2D eigenvalue weighted by molar-refractivity contribution is 0.346. The molecular weight excluding hydrogens is 324 g/mol. The molecule has 0 unspecified atom stereocenters. The van der Waals surface area contributed by atoms with Crippen molar-refractivity contribution in [2.75, 3.05) is 13.1 Å². The van der Waals surface area contributed by atoms with Crippen LogP contribution in [0.4, 0.5) is 0 Å². The van der Waals surface area contributed by atoms with Crippen molar-refractivity contribution in [2.24, 2.45) is 10.7 Å². The van der Waals surface area contributed by atoms with Crippen LogP contribution in [0, 0.1) is 0 Å². The van der Waals surface area contributed by atoms with Crippen LogP contribution in [-0.2, 0) is 16.6 Å². The summed E-state index contributed by atoms with van der Waals surface area (Å²) in [6.07, 6.45) is 2.96. The van der Waals surface area contributed by atoms with Crippen LogP contribution in [-0.4, -0.2) is 37.3 Å². The molecule has 1 saturated heterocycles. The number of guanidine groups is 1. The fourth-order valence-corrected chi connectivity index (χ4v) is 4.25. The summed E-state index contributed by atoms with van der Waals surface area (Å²) in [5.74, 6) is 0.354. The summed E-state index contributed by atoms with van der Waals surface area (Å²) in [6, 6.07) is 6.96. The van der Waals surface area contributed by atoms with Crippen molar-refractivity contribution in [1.29, 1.82) is 0 Å². The highest BCUT2D eigenvalue weighted by Crippen LogP contribution is 2.21. The second-order valence-corrected chi connectivity index (χ2v) is 9.13. The fourth-order valence-electron chi connectivity index (χ4n) is 2.66. The second kappa shape index (κ2) is 7.53. The maximum absolute atomic E-state index is 12.7. The molecular formula is C17H28N4O2S. The van der Waals surface area contributed by atoms with E-state index >= 15 is 0 Å². The topological polar surface area (TPSA) is 87.8 Å². The van der Waals surface area contributed by atoms with Gasteiger partial charge in [-0.2, -0.15) is 4.31 Å². The zero-order valence-corrected chi connectivity index (χ0v) is 15.6. The summed E-state index contributed by atoms with van der Waals surface area (Å²) in [4.78, 5) is 4.62. The van der Waals surface area contributed by atoms with Crippen molar-refractivity contribution < 1.29 is 8.42 Å². The van der Waals surface area contributed by atoms with E-state index in [0.717, 1.165) is 24.8 Å². The average molecular weight is 353 g/mol. The number of sulfonamides is 1. The van der Waals surface area contributed by atoms with E-state index in [-0.39, 0.29) is 5.54 Å². The highest BCUT2D eigenvalue weighted by Gasteiger charge is 2.25. The SMILES string of the molecule is CC(C)(C)NC(N)=NCc1cccc(S(=O)(=O)N2CCCCC2)c1. The van der Waals surface area contributed by atoms with Crippen molar-refractivity contribution in [2.45, 2.75) is 57.0 Å². The Morgan fingerprint density at radius 2 is 1.92 bits per heavy atom. The average Bonchev–Trinajstić information content (AvgIpc) is 2.52. The summed E-state index contributed by atoms with van der Waals surface area (Å²) in [5, 5.41) is 3.09. The standard InChI is InChI=1S/C17H28N4O2S/c1-17(2,3)20-16(18)19-13-14-8-7-9-15(12-14)24(22,23)21-10-5-4-6-11-21/h7-9,12H,4-6,10-11,13H2,1-3H3,(H3,18,19,20). The van der Waals surface area contributed by atoms with Gasteiger partial charge in [0, 0.05) is 18.6 Å². The van der Waals surface area contributed by atoms with Crippen LogP contribution in [0.15, 0.2) is 34.2 Å². The number of nitrogens with one attached hydrogen (secondary N) is 1. The Morgan fingerprint density at radius 1 is 1.25 bits per heavy atom. The molecule has 1 aromatic carbocycles. The van der Waals surface area contributed by atoms with Gasteiger partial charge in [0.1, 0.15) is 0 Å². The Kier molecular flexibility index (Phi) is 5.87. The largest absolute Gasteiger partial charge is 0.370 e. The first-order valence-corrected chi connectivity index (χ1v) is 9.80. The van der Waals surface area contributed by atoms with Crippen molar-refractivity contribution in [3.05, 3.63) is 29.8 Å². The van der Waals surface area contributed by atoms with Gasteiger partial charge in [0.25, 0.3) is 0 Å². The molecule has 0 atom stereocenters. The molecule has 0 aromatic heterocycles. The third-order valence-electron chi connectivity index (χ3n) is 3.79. The highest BCUT2D eigenvalue weighted by atomic mass is 32.2. The summed E-state index contributed by atoms with van der Waals surface area (Å²) in [6.45, 7) is 7.56. The molecule has 0 aliphatic carbocycles. The van der Waals surface area contributed by atoms with Crippen LogP contribution < -0.4 is 11.1 Å². The van der Waals surface area contributed by atoms with Gasteiger partial charge in [-0.1, -0.05) is 18.6 Å². The summed E-state index contributed by atoms with van der Waals surface area (Å²) in [7, 11) is -3.41. The van der Waals surface area contributed by atoms with E-state index in [1.54, 1.807) is 22.5 Å². The van der Waals surface area contributed by atoms with Gasteiger partial charge < -0.3 is 11.1 Å². The van der Waals surface area contributed by atoms with Gasteiger partial charge in [0.05, 0.1) is 11.4 Å². The predicted molar refractivity (Wildman–Crippen MR) is 97.3 cm³/mol. The molecule has 1 fully saturated rings. The van der Waals surface area contributed by atoms with Crippen molar-refractivity contribution in [3.63, 3.8) is 0 Å². The number of benzene rings is 1. The number of rotatable bonds is 4. The van der Waals surface area contributed by atoms with Gasteiger partial charge in [-0.15, -0.1) is 0 Å². The Morgan fingerprint density at radius 3 is 2.54 bits per heavy atom. The fraction of sp³-hybridized carbons (Fsp3) is 0.588. The number of aliphatic imine (C=N–C) groups is 1. The first-order chi connectivity index (χ1) is 11.2.